The van der Waals surface area contributed by atoms with Crippen molar-refractivity contribution in [3.8, 4) is 11.1 Å². The standard InChI is InChI=1S/C27H30N2O/c1-17(2)19-14-9-15-20(18(3)4)27(19)29-25(30)16-28-26-23-12-7-5-10-21(23)22-11-6-8-13-24(22)26/h5-15,17-18,26,28H,16H2,1-4H3,(H,29,30). The van der Waals surface area contributed by atoms with E-state index in [1.807, 2.05) is 0 Å². The summed E-state index contributed by atoms with van der Waals surface area (Å²) in [6, 6.07) is 23.2. The smallest absolute Gasteiger partial charge is 0.238 e. The van der Waals surface area contributed by atoms with Crippen LogP contribution in [0.15, 0.2) is 66.7 Å². The van der Waals surface area contributed by atoms with Gasteiger partial charge < -0.3 is 5.32 Å². The number of carbonyl (C=O) groups excluding carboxylic acids is 1. The second-order valence-electron chi connectivity index (χ2n) is 8.66. The molecule has 3 heteroatoms. The molecule has 3 nitrogen and oxygen atoms in total. The maximum absolute atomic E-state index is 13.0. The van der Waals surface area contributed by atoms with Gasteiger partial charge in [-0.05, 0) is 45.2 Å². The van der Waals surface area contributed by atoms with Gasteiger partial charge in [0.15, 0.2) is 0 Å². The summed E-state index contributed by atoms with van der Waals surface area (Å²) < 4.78 is 0. The maximum atomic E-state index is 13.0. The Balaban J connectivity index is 1.55. The van der Waals surface area contributed by atoms with E-state index in [2.05, 4.69) is 105 Å². The fraction of sp³-hybridized carbons (Fsp3) is 0.296. The largest absolute Gasteiger partial charge is 0.324 e. The van der Waals surface area contributed by atoms with Crippen LogP contribution in [0.3, 0.4) is 0 Å². The van der Waals surface area contributed by atoms with Crippen LogP contribution < -0.4 is 10.6 Å². The lowest BCUT2D eigenvalue weighted by Gasteiger charge is -2.21. The van der Waals surface area contributed by atoms with E-state index in [0.717, 1.165) is 5.69 Å². The first-order valence-electron chi connectivity index (χ1n) is 10.8. The van der Waals surface area contributed by atoms with Gasteiger partial charge in [-0.1, -0.05) is 94.4 Å². The minimum Gasteiger partial charge on any atom is -0.324 e. The molecule has 0 bridgehead atoms. The summed E-state index contributed by atoms with van der Waals surface area (Å²) in [4.78, 5) is 13.0. The zero-order valence-electron chi connectivity index (χ0n) is 18.2. The monoisotopic (exact) mass is 398 g/mol. The zero-order chi connectivity index (χ0) is 21.3. The first-order valence-corrected chi connectivity index (χ1v) is 10.8. The van der Waals surface area contributed by atoms with E-state index in [0.29, 0.717) is 11.8 Å². The fourth-order valence-corrected chi connectivity index (χ4v) is 4.45. The topological polar surface area (TPSA) is 41.1 Å². The SMILES string of the molecule is CC(C)c1cccc(C(C)C)c1NC(=O)CNC1c2ccccc2-c2ccccc21. The molecular weight excluding hydrogens is 368 g/mol. The number of hydrogen-bond acceptors (Lipinski definition) is 2. The van der Waals surface area contributed by atoms with E-state index in [9.17, 15) is 4.79 Å². The van der Waals surface area contributed by atoms with Gasteiger partial charge in [0.1, 0.15) is 0 Å². The van der Waals surface area contributed by atoms with Crippen molar-refractivity contribution in [1.29, 1.82) is 0 Å². The van der Waals surface area contributed by atoms with Gasteiger partial charge in [0.2, 0.25) is 5.91 Å². The molecule has 0 radical (unpaired) electrons. The molecule has 4 rings (SSSR count). The Hall–Kier alpha value is -2.91. The van der Waals surface area contributed by atoms with Crippen LogP contribution >= 0.6 is 0 Å². The van der Waals surface area contributed by atoms with Crippen molar-refractivity contribution in [2.45, 2.75) is 45.6 Å². The van der Waals surface area contributed by atoms with Crippen molar-refractivity contribution < 1.29 is 4.79 Å². The van der Waals surface area contributed by atoms with Gasteiger partial charge in [0.25, 0.3) is 0 Å². The molecule has 0 aliphatic heterocycles. The molecule has 1 aliphatic rings. The lowest BCUT2D eigenvalue weighted by Crippen LogP contribution is -2.31. The van der Waals surface area contributed by atoms with E-state index in [1.54, 1.807) is 0 Å². The summed E-state index contributed by atoms with van der Waals surface area (Å²) >= 11 is 0. The van der Waals surface area contributed by atoms with Crippen LogP contribution in [0, 0.1) is 0 Å². The number of anilines is 1. The second kappa shape index (κ2) is 8.45. The third-order valence-electron chi connectivity index (χ3n) is 5.94. The molecule has 0 spiro atoms. The maximum Gasteiger partial charge on any atom is 0.238 e. The van der Waals surface area contributed by atoms with Gasteiger partial charge >= 0.3 is 0 Å². The third kappa shape index (κ3) is 3.78. The van der Waals surface area contributed by atoms with Gasteiger partial charge in [-0.15, -0.1) is 0 Å². The predicted octanol–water partition coefficient (Wildman–Crippen LogP) is 6.23. The molecule has 154 valence electrons. The Bertz CT molecular complexity index is 996. The number of carbonyl (C=O) groups is 1. The minimum atomic E-state index is -0.00753. The van der Waals surface area contributed by atoms with Crippen LogP contribution in [0.4, 0.5) is 5.69 Å². The van der Waals surface area contributed by atoms with E-state index >= 15 is 0 Å². The van der Waals surface area contributed by atoms with Crippen LogP contribution in [-0.2, 0) is 4.79 Å². The molecular formula is C27H30N2O. The van der Waals surface area contributed by atoms with E-state index in [-0.39, 0.29) is 18.5 Å². The molecule has 0 aromatic heterocycles. The van der Waals surface area contributed by atoms with Crippen LogP contribution in [0.1, 0.15) is 67.8 Å². The highest BCUT2D eigenvalue weighted by Gasteiger charge is 2.28. The minimum absolute atomic E-state index is 0.00753. The Morgan fingerprint density at radius 1 is 0.767 bits per heavy atom. The molecule has 3 aromatic carbocycles. The average Bonchev–Trinajstić information content (AvgIpc) is 3.06. The molecule has 1 aliphatic carbocycles. The fourth-order valence-electron chi connectivity index (χ4n) is 4.45. The molecule has 1 amide bonds. The normalized spacial score (nSPS) is 12.9. The molecule has 0 heterocycles. The Labute approximate surface area is 179 Å². The summed E-state index contributed by atoms with van der Waals surface area (Å²) in [5, 5.41) is 6.71. The van der Waals surface area contributed by atoms with E-state index in [1.165, 1.54) is 33.4 Å². The second-order valence-corrected chi connectivity index (χ2v) is 8.66. The molecule has 0 saturated heterocycles. The highest BCUT2D eigenvalue weighted by atomic mass is 16.1. The molecule has 2 N–H and O–H groups in total. The van der Waals surface area contributed by atoms with E-state index < -0.39 is 0 Å². The van der Waals surface area contributed by atoms with Crippen molar-refractivity contribution in [1.82, 2.24) is 5.32 Å². The predicted molar refractivity (Wildman–Crippen MR) is 125 cm³/mol. The number of nitrogens with one attached hydrogen (secondary N) is 2. The van der Waals surface area contributed by atoms with Crippen molar-refractivity contribution in [3.05, 3.63) is 89.0 Å². The summed E-state index contributed by atoms with van der Waals surface area (Å²) in [5.74, 6) is 0.688. The number of amides is 1. The average molecular weight is 399 g/mol. The first kappa shape index (κ1) is 20.4. The zero-order valence-corrected chi connectivity index (χ0v) is 18.2. The third-order valence-corrected chi connectivity index (χ3v) is 5.94. The first-order chi connectivity index (χ1) is 14.5. The van der Waals surface area contributed by atoms with Gasteiger partial charge in [0.05, 0.1) is 12.6 Å². The summed E-state index contributed by atoms with van der Waals surface area (Å²) in [6.07, 6.45) is 0. The lowest BCUT2D eigenvalue weighted by molar-refractivity contribution is -0.115. The molecule has 3 aromatic rings. The van der Waals surface area contributed by atoms with Crippen molar-refractivity contribution >= 4 is 11.6 Å². The molecule has 0 unspecified atom stereocenters. The van der Waals surface area contributed by atoms with Gasteiger partial charge in [-0.2, -0.15) is 0 Å². The molecule has 0 fully saturated rings. The summed E-state index contributed by atoms with van der Waals surface area (Å²) in [6.45, 7) is 8.93. The summed E-state index contributed by atoms with van der Waals surface area (Å²) in [5.41, 5.74) is 8.31. The number of fused-ring (bicyclic) bond motifs is 3. The highest BCUT2D eigenvalue weighted by molar-refractivity contribution is 5.94. The molecule has 0 saturated carbocycles. The van der Waals surface area contributed by atoms with Crippen LogP contribution in [-0.4, -0.2) is 12.5 Å². The Morgan fingerprint density at radius 3 is 1.77 bits per heavy atom. The van der Waals surface area contributed by atoms with Gasteiger partial charge in [0, 0.05) is 5.69 Å². The van der Waals surface area contributed by atoms with Gasteiger partial charge in [-0.3, -0.25) is 10.1 Å². The molecule has 0 atom stereocenters. The van der Waals surface area contributed by atoms with Crippen LogP contribution in [0.2, 0.25) is 0 Å². The van der Waals surface area contributed by atoms with E-state index in [4.69, 9.17) is 0 Å². The van der Waals surface area contributed by atoms with Crippen LogP contribution in [0.25, 0.3) is 11.1 Å². The molecule has 30 heavy (non-hydrogen) atoms. The van der Waals surface area contributed by atoms with Gasteiger partial charge in [-0.25, -0.2) is 0 Å². The van der Waals surface area contributed by atoms with Crippen LogP contribution in [0.5, 0.6) is 0 Å². The lowest BCUT2D eigenvalue weighted by atomic mass is 9.92. The van der Waals surface area contributed by atoms with Crippen molar-refractivity contribution in [2.75, 3.05) is 11.9 Å². The number of benzene rings is 3. The van der Waals surface area contributed by atoms with Crippen molar-refractivity contribution in [2.24, 2.45) is 0 Å². The number of hydrogen-bond donors (Lipinski definition) is 2. The number of rotatable bonds is 6. The summed E-state index contributed by atoms with van der Waals surface area (Å²) in [7, 11) is 0. The quantitative estimate of drug-likeness (QED) is 0.517. The Morgan fingerprint density at radius 2 is 1.27 bits per heavy atom. The van der Waals surface area contributed by atoms with Crippen molar-refractivity contribution in [3.63, 3.8) is 0 Å². The number of para-hydroxylation sites is 1. The Kier molecular flexibility index (Phi) is 5.74. The highest BCUT2D eigenvalue weighted by Crippen LogP contribution is 2.43.